The number of nitrogens with one attached hydrogen (secondary N) is 1. The average molecular weight is 506 g/mol. The van der Waals surface area contributed by atoms with Crippen molar-refractivity contribution in [3.63, 3.8) is 0 Å². The van der Waals surface area contributed by atoms with Gasteiger partial charge in [0.25, 0.3) is 10.1 Å². The smallest absolute Gasteiger partial charge is 0.264 e. The number of carbonyl (C=O) groups is 1. The highest BCUT2D eigenvalue weighted by Crippen LogP contribution is 2.13. The van der Waals surface area contributed by atoms with Gasteiger partial charge in [-0.2, -0.15) is 8.42 Å². The van der Waals surface area contributed by atoms with Crippen molar-refractivity contribution in [3.05, 3.63) is 0 Å². The van der Waals surface area contributed by atoms with Crippen LogP contribution in [0.1, 0.15) is 129 Å². The molecule has 34 heavy (non-hydrogen) atoms. The van der Waals surface area contributed by atoms with Gasteiger partial charge in [-0.25, -0.2) is 0 Å². The lowest BCUT2D eigenvalue weighted by molar-refractivity contribution is -0.890. The van der Waals surface area contributed by atoms with E-state index >= 15 is 0 Å². The summed E-state index contributed by atoms with van der Waals surface area (Å²) in [5.74, 6) is -0.00399. The summed E-state index contributed by atoms with van der Waals surface area (Å²) in [6.45, 7) is 4.77. The quantitative estimate of drug-likeness (QED) is 0.0843. The molecule has 0 aromatic carbocycles. The Morgan fingerprint density at radius 1 is 0.676 bits per heavy atom. The van der Waals surface area contributed by atoms with Crippen molar-refractivity contribution in [1.29, 1.82) is 0 Å². The lowest BCUT2D eigenvalue weighted by Gasteiger charge is -2.29. The normalized spacial score (nSPS) is 12.2. The third-order valence-electron chi connectivity index (χ3n) is 6.69. The predicted octanol–water partition coefficient (Wildman–Crippen LogP) is 6.50. The van der Waals surface area contributed by atoms with E-state index in [0.29, 0.717) is 19.4 Å². The molecule has 0 saturated carbocycles. The molecule has 1 amide bonds. The van der Waals surface area contributed by atoms with Gasteiger partial charge in [0.1, 0.15) is 0 Å². The summed E-state index contributed by atoms with van der Waals surface area (Å²) in [6, 6.07) is 0. The van der Waals surface area contributed by atoms with Gasteiger partial charge >= 0.3 is 0 Å². The second kappa shape index (κ2) is 21.6. The molecule has 0 atom stereocenters. The Hall–Kier alpha value is -0.660. The summed E-state index contributed by atoms with van der Waals surface area (Å²) < 4.78 is 31.1. The van der Waals surface area contributed by atoms with E-state index in [0.717, 1.165) is 43.3 Å². The number of unbranched alkanes of at least 4 members (excludes halogenated alkanes) is 15. The third kappa shape index (κ3) is 26.0. The maximum atomic E-state index is 12.0. The van der Waals surface area contributed by atoms with E-state index in [4.69, 9.17) is 4.55 Å². The van der Waals surface area contributed by atoms with E-state index in [1.165, 1.54) is 83.5 Å². The highest BCUT2D eigenvalue weighted by atomic mass is 32.2. The van der Waals surface area contributed by atoms with Crippen molar-refractivity contribution < 1.29 is 22.2 Å². The van der Waals surface area contributed by atoms with Gasteiger partial charge in [-0.3, -0.25) is 9.35 Å². The molecule has 0 unspecified atom stereocenters. The maximum absolute atomic E-state index is 12.0. The molecule has 0 aliphatic heterocycles. The Kier molecular flexibility index (Phi) is 21.2. The van der Waals surface area contributed by atoms with Crippen molar-refractivity contribution in [2.75, 3.05) is 39.5 Å². The molecular formula is C27H57N2O4S+. The molecule has 0 bridgehead atoms. The van der Waals surface area contributed by atoms with Crippen LogP contribution in [0.15, 0.2) is 0 Å². The first-order valence-corrected chi connectivity index (χ1v) is 15.8. The number of amides is 1. The van der Waals surface area contributed by atoms with Gasteiger partial charge in [-0.1, -0.05) is 96.8 Å². The number of hydrogen-bond donors (Lipinski definition) is 2. The van der Waals surface area contributed by atoms with Gasteiger partial charge in [0.05, 0.1) is 32.9 Å². The Bertz CT molecular complexity index is 579. The summed E-state index contributed by atoms with van der Waals surface area (Å²) >= 11 is 0. The van der Waals surface area contributed by atoms with Crippen molar-refractivity contribution in [3.8, 4) is 0 Å². The minimum atomic E-state index is -3.85. The second-order valence-electron chi connectivity index (χ2n) is 10.8. The molecule has 0 aliphatic carbocycles. The fraction of sp³-hybridized carbons (Fsp3) is 0.963. The zero-order valence-corrected chi connectivity index (χ0v) is 23.6. The van der Waals surface area contributed by atoms with Crippen LogP contribution in [-0.4, -0.2) is 62.8 Å². The lowest BCUT2D eigenvalue weighted by Crippen LogP contribution is -2.42. The topological polar surface area (TPSA) is 83.5 Å². The van der Waals surface area contributed by atoms with Crippen LogP contribution < -0.4 is 5.32 Å². The molecule has 6 nitrogen and oxygen atoms in total. The molecule has 0 spiro atoms. The summed E-state index contributed by atoms with van der Waals surface area (Å²) in [5, 5.41) is 3.03. The number of carbonyl (C=O) groups excluding carboxylic acids is 1. The van der Waals surface area contributed by atoms with E-state index in [1.54, 1.807) is 0 Å². The van der Waals surface area contributed by atoms with Crippen molar-refractivity contribution >= 4 is 16.0 Å². The van der Waals surface area contributed by atoms with E-state index < -0.39 is 10.1 Å². The first kappa shape index (κ1) is 33.3. The number of nitrogens with zero attached hydrogens (tertiary/aromatic N) is 1. The zero-order valence-electron chi connectivity index (χ0n) is 22.8. The van der Waals surface area contributed by atoms with Gasteiger partial charge in [-0.15, -0.1) is 0 Å². The van der Waals surface area contributed by atoms with Crippen LogP contribution in [0.2, 0.25) is 0 Å². The molecule has 0 aliphatic rings. The van der Waals surface area contributed by atoms with Crippen molar-refractivity contribution in [2.24, 2.45) is 0 Å². The summed E-state index contributed by atoms with van der Waals surface area (Å²) in [7, 11) is 0.382. The summed E-state index contributed by atoms with van der Waals surface area (Å²) in [6.07, 6.45) is 22.8. The fourth-order valence-corrected chi connectivity index (χ4v) is 4.99. The maximum Gasteiger partial charge on any atom is 0.264 e. The van der Waals surface area contributed by atoms with Gasteiger partial charge in [0.15, 0.2) is 0 Å². The van der Waals surface area contributed by atoms with E-state index in [9.17, 15) is 13.2 Å². The van der Waals surface area contributed by atoms with E-state index in [-0.39, 0.29) is 11.7 Å². The minimum Gasteiger partial charge on any atom is -0.356 e. The first-order chi connectivity index (χ1) is 16.2. The molecule has 0 radical (unpaired) electrons. The van der Waals surface area contributed by atoms with E-state index in [2.05, 4.69) is 26.3 Å². The molecule has 0 rings (SSSR count). The molecule has 204 valence electrons. The first-order valence-electron chi connectivity index (χ1n) is 14.2. The summed E-state index contributed by atoms with van der Waals surface area (Å²) in [5.41, 5.74) is 0. The van der Waals surface area contributed by atoms with Crippen molar-refractivity contribution in [1.82, 2.24) is 5.32 Å². The standard InChI is InChI=1S/C27H56N2O4S/c1-4-5-6-7-8-9-10-11-12-13-14-15-16-17-18-22-27(30)28-23-21-25-29(2,3)24-19-20-26-34(31,32)33/h4-26H2,1-3H3,(H-,28,30,31,32,33)/p+1. The highest BCUT2D eigenvalue weighted by molar-refractivity contribution is 7.85. The van der Waals surface area contributed by atoms with Crippen LogP contribution in [0.25, 0.3) is 0 Å². The highest BCUT2D eigenvalue weighted by Gasteiger charge is 2.15. The Labute approximate surface area is 212 Å². The number of rotatable bonds is 25. The number of hydrogen-bond acceptors (Lipinski definition) is 3. The molecular weight excluding hydrogens is 448 g/mol. The fourth-order valence-electron chi connectivity index (χ4n) is 4.42. The Balaban J connectivity index is 3.42. The van der Waals surface area contributed by atoms with Gasteiger partial charge in [0.2, 0.25) is 5.91 Å². The van der Waals surface area contributed by atoms with Crippen molar-refractivity contribution in [2.45, 2.75) is 129 Å². The molecule has 0 saturated heterocycles. The molecule has 0 aromatic rings. The SMILES string of the molecule is CCCCCCCCCCCCCCCCCC(=O)NCCC[N+](C)(C)CCCCS(=O)(=O)O. The molecule has 0 fully saturated rings. The van der Waals surface area contributed by atoms with Crippen LogP contribution in [0.5, 0.6) is 0 Å². The second-order valence-corrected chi connectivity index (χ2v) is 12.4. The minimum absolute atomic E-state index is 0.160. The predicted molar refractivity (Wildman–Crippen MR) is 145 cm³/mol. The third-order valence-corrected chi connectivity index (χ3v) is 7.49. The molecule has 0 aromatic heterocycles. The average Bonchev–Trinajstić information content (AvgIpc) is 2.76. The monoisotopic (exact) mass is 505 g/mol. The van der Waals surface area contributed by atoms with Gasteiger partial charge < -0.3 is 9.80 Å². The van der Waals surface area contributed by atoms with Crippen LogP contribution in [0.3, 0.4) is 0 Å². The van der Waals surface area contributed by atoms with Crippen LogP contribution in [0, 0.1) is 0 Å². The van der Waals surface area contributed by atoms with E-state index in [1.807, 2.05) is 0 Å². The Morgan fingerprint density at radius 2 is 1.12 bits per heavy atom. The molecule has 2 N–H and O–H groups in total. The van der Waals surface area contributed by atoms with Gasteiger partial charge in [-0.05, 0) is 19.3 Å². The lowest BCUT2D eigenvalue weighted by atomic mass is 10.0. The summed E-state index contributed by atoms with van der Waals surface area (Å²) in [4.78, 5) is 12.0. The Morgan fingerprint density at radius 3 is 1.59 bits per heavy atom. The number of quaternary nitrogens is 1. The molecule has 7 heteroatoms. The van der Waals surface area contributed by atoms with Gasteiger partial charge in [0, 0.05) is 19.4 Å². The van der Waals surface area contributed by atoms with Crippen LogP contribution >= 0.6 is 0 Å². The van der Waals surface area contributed by atoms with Crippen LogP contribution in [0.4, 0.5) is 0 Å². The van der Waals surface area contributed by atoms with Crippen LogP contribution in [-0.2, 0) is 14.9 Å². The largest absolute Gasteiger partial charge is 0.356 e. The molecule has 0 heterocycles. The zero-order chi connectivity index (χ0) is 25.5.